The fourth-order valence-corrected chi connectivity index (χ4v) is 1.70. The van der Waals surface area contributed by atoms with Crippen LogP contribution in [0.4, 0.5) is 0 Å². The van der Waals surface area contributed by atoms with Gasteiger partial charge in [0.15, 0.2) is 5.78 Å². The van der Waals surface area contributed by atoms with Gasteiger partial charge in [0.2, 0.25) is 5.91 Å². The van der Waals surface area contributed by atoms with Crippen molar-refractivity contribution in [3.05, 3.63) is 0 Å². The lowest BCUT2D eigenvalue weighted by molar-refractivity contribution is -0.130. The number of carbonyl (C=O) groups is 2. The molecule has 0 spiro atoms. The monoisotopic (exact) mass is 242 g/mol. The lowest BCUT2D eigenvalue weighted by atomic mass is 10.0. The molecule has 0 saturated heterocycles. The first-order chi connectivity index (χ1) is 7.79. The molecule has 2 unspecified atom stereocenters. The summed E-state index contributed by atoms with van der Waals surface area (Å²) < 4.78 is 0. The summed E-state index contributed by atoms with van der Waals surface area (Å²) in [6.07, 6.45) is 1.25. The van der Waals surface area contributed by atoms with Gasteiger partial charge in [-0.15, -0.1) is 0 Å². The molecule has 0 aromatic heterocycles. The van der Waals surface area contributed by atoms with Crippen molar-refractivity contribution in [3.8, 4) is 0 Å². The van der Waals surface area contributed by atoms with Gasteiger partial charge in [-0.25, -0.2) is 0 Å². The van der Waals surface area contributed by atoms with Gasteiger partial charge in [-0.1, -0.05) is 20.8 Å². The van der Waals surface area contributed by atoms with Crippen LogP contribution >= 0.6 is 0 Å². The third-order valence-corrected chi connectivity index (χ3v) is 2.81. The molecule has 0 rings (SSSR count). The molecule has 1 N–H and O–H groups in total. The predicted octanol–water partition coefficient (Wildman–Crippen LogP) is 1.45. The fourth-order valence-electron chi connectivity index (χ4n) is 1.70. The van der Waals surface area contributed by atoms with Gasteiger partial charge >= 0.3 is 0 Å². The Morgan fingerprint density at radius 2 is 1.71 bits per heavy atom. The van der Waals surface area contributed by atoms with E-state index in [0.717, 1.165) is 6.42 Å². The third-order valence-electron chi connectivity index (χ3n) is 2.81. The van der Waals surface area contributed by atoms with Gasteiger partial charge < -0.3 is 5.32 Å². The summed E-state index contributed by atoms with van der Waals surface area (Å²) in [5, 5.41) is 2.79. The van der Waals surface area contributed by atoms with Crippen molar-refractivity contribution >= 4 is 11.7 Å². The lowest BCUT2D eigenvalue weighted by Gasteiger charge is -2.26. The van der Waals surface area contributed by atoms with E-state index in [1.54, 1.807) is 6.92 Å². The van der Waals surface area contributed by atoms with Gasteiger partial charge in [0, 0.05) is 6.42 Å². The van der Waals surface area contributed by atoms with E-state index in [-0.39, 0.29) is 23.8 Å². The first-order valence-electron chi connectivity index (χ1n) is 6.29. The van der Waals surface area contributed by atoms with Gasteiger partial charge in [0.1, 0.15) is 0 Å². The van der Waals surface area contributed by atoms with Crippen LogP contribution in [0, 0.1) is 5.92 Å². The molecule has 0 radical (unpaired) electrons. The van der Waals surface area contributed by atoms with E-state index in [0.29, 0.717) is 12.3 Å². The molecule has 100 valence electrons. The standard InChI is InChI=1S/C13H26N2O2/c1-7-12(16)10(4)14-13(17)11(15(5)6)8-9(2)3/h9-11H,7-8H2,1-6H3,(H,14,17). The molecule has 0 saturated carbocycles. The third kappa shape index (κ3) is 5.82. The minimum absolute atomic E-state index is 0.0574. The average Bonchev–Trinajstić information content (AvgIpc) is 2.23. The maximum absolute atomic E-state index is 12.0. The molecule has 4 heteroatoms. The van der Waals surface area contributed by atoms with E-state index in [9.17, 15) is 9.59 Å². The van der Waals surface area contributed by atoms with E-state index < -0.39 is 0 Å². The number of rotatable bonds is 7. The van der Waals surface area contributed by atoms with Gasteiger partial charge in [-0.2, -0.15) is 0 Å². The Hall–Kier alpha value is -0.900. The van der Waals surface area contributed by atoms with Crippen LogP contribution in [0.2, 0.25) is 0 Å². The maximum atomic E-state index is 12.0. The Labute approximate surface area is 105 Å². The minimum Gasteiger partial charge on any atom is -0.345 e. The summed E-state index contributed by atoms with van der Waals surface area (Å²) in [7, 11) is 3.78. The largest absolute Gasteiger partial charge is 0.345 e. The van der Waals surface area contributed by atoms with Gasteiger partial charge in [0.25, 0.3) is 0 Å². The van der Waals surface area contributed by atoms with E-state index >= 15 is 0 Å². The van der Waals surface area contributed by atoms with Gasteiger partial charge in [-0.05, 0) is 33.4 Å². The van der Waals surface area contributed by atoms with Crippen molar-refractivity contribution in [2.75, 3.05) is 14.1 Å². The molecule has 0 aliphatic carbocycles. The number of ketones is 1. The normalized spacial score (nSPS) is 14.8. The Bertz CT molecular complexity index is 262. The maximum Gasteiger partial charge on any atom is 0.237 e. The molecule has 2 atom stereocenters. The van der Waals surface area contributed by atoms with E-state index in [1.807, 2.05) is 25.9 Å². The second-order valence-electron chi connectivity index (χ2n) is 5.16. The average molecular weight is 242 g/mol. The SMILES string of the molecule is CCC(=O)C(C)NC(=O)C(CC(C)C)N(C)C. The zero-order valence-electron chi connectivity index (χ0n) is 11.9. The first-order valence-corrected chi connectivity index (χ1v) is 6.29. The number of nitrogens with zero attached hydrogens (tertiary/aromatic N) is 1. The van der Waals surface area contributed by atoms with Crippen LogP contribution in [0.25, 0.3) is 0 Å². The molecule has 0 heterocycles. The molecule has 0 fully saturated rings. The predicted molar refractivity (Wildman–Crippen MR) is 69.8 cm³/mol. The molecule has 4 nitrogen and oxygen atoms in total. The Kier molecular flexibility index (Phi) is 7.04. The van der Waals surface area contributed by atoms with Crippen molar-refractivity contribution in [3.63, 3.8) is 0 Å². The van der Waals surface area contributed by atoms with Crippen LogP contribution in [0.15, 0.2) is 0 Å². The number of hydrogen-bond donors (Lipinski definition) is 1. The Morgan fingerprint density at radius 3 is 2.06 bits per heavy atom. The van der Waals surface area contributed by atoms with E-state index in [4.69, 9.17) is 0 Å². The Balaban J connectivity index is 4.47. The summed E-state index contributed by atoms with van der Waals surface area (Å²) in [6, 6.07) is -0.552. The number of carbonyl (C=O) groups excluding carboxylic acids is 2. The van der Waals surface area contributed by atoms with Crippen molar-refractivity contribution in [2.45, 2.75) is 52.6 Å². The smallest absolute Gasteiger partial charge is 0.237 e. The molecule has 0 aromatic rings. The van der Waals surface area contributed by atoms with Crippen molar-refractivity contribution in [1.29, 1.82) is 0 Å². The van der Waals surface area contributed by atoms with Crippen LogP contribution in [-0.2, 0) is 9.59 Å². The summed E-state index contributed by atoms with van der Waals surface area (Å²) >= 11 is 0. The molecule has 0 aliphatic heterocycles. The topological polar surface area (TPSA) is 49.4 Å². The molecule has 17 heavy (non-hydrogen) atoms. The fraction of sp³-hybridized carbons (Fsp3) is 0.846. The van der Waals surface area contributed by atoms with Crippen LogP contribution in [0.5, 0.6) is 0 Å². The molecule has 0 bridgehead atoms. The van der Waals surface area contributed by atoms with Gasteiger partial charge in [0.05, 0.1) is 12.1 Å². The Morgan fingerprint density at radius 1 is 1.18 bits per heavy atom. The number of hydrogen-bond acceptors (Lipinski definition) is 3. The molecular formula is C13H26N2O2. The van der Waals surface area contributed by atoms with Crippen LogP contribution < -0.4 is 5.32 Å². The number of likely N-dealkylation sites (N-methyl/N-ethyl adjacent to an activating group) is 1. The zero-order chi connectivity index (χ0) is 13.6. The van der Waals surface area contributed by atoms with E-state index in [2.05, 4.69) is 19.2 Å². The molecule has 1 amide bonds. The highest BCUT2D eigenvalue weighted by Crippen LogP contribution is 2.09. The molecular weight excluding hydrogens is 216 g/mol. The van der Waals surface area contributed by atoms with Crippen molar-refractivity contribution in [1.82, 2.24) is 10.2 Å². The number of amides is 1. The quantitative estimate of drug-likeness (QED) is 0.735. The molecule has 0 aromatic carbocycles. The second-order valence-corrected chi connectivity index (χ2v) is 5.16. The number of Topliss-reactive ketones (excluding diaryl/α,β-unsaturated/α-hetero) is 1. The van der Waals surface area contributed by atoms with Crippen LogP contribution in [0.3, 0.4) is 0 Å². The minimum atomic E-state index is -0.387. The summed E-state index contributed by atoms with van der Waals surface area (Å²) in [5.41, 5.74) is 0. The van der Waals surface area contributed by atoms with Crippen LogP contribution in [-0.4, -0.2) is 42.8 Å². The summed E-state index contributed by atoms with van der Waals surface area (Å²) in [6.45, 7) is 7.73. The van der Waals surface area contributed by atoms with Crippen LogP contribution in [0.1, 0.15) is 40.5 Å². The summed E-state index contributed by atoms with van der Waals surface area (Å²) in [5.74, 6) is 0.462. The van der Waals surface area contributed by atoms with Crippen molar-refractivity contribution in [2.24, 2.45) is 5.92 Å². The highest BCUT2D eigenvalue weighted by atomic mass is 16.2. The van der Waals surface area contributed by atoms with E-state index in [1.165, 1.54) is 0 Å². The zero-order valence-corrected chi connectivity index (χ0v) is 11.9. The second kappa shape index (κ2) is 7.43. The van der Waals surface area contributed by atoms with Gasteiger partial charge in [-0.3, -0.25) is 14.5 Å². The molecule has 0 aliphatic rings. The highest BCUT2D eigenvalue weighted by Gasteiger charge is 2.24. The van der Waals surface area contributed by atoms with Crippen molar-refractivity contribution < 1.29 is 9.59 Å². The highest BCUT2D eigenvalue weighted by molar-refractivity contribution is 5.90. The lowest BCUT2D eigenvalue weighted by Crippen LogP contribution is -2.49. The number of nitrogens with one attached hydrogen (secondary N) is 1. The summed E-state index contributed by atoms with van der Waals surface area (Å²) in [4.78, 5) is 25.4. The first kappa shape index (κ1) is 16.1.